The number of nitriles is 1. The van der Waals surface area contributed by atoms with Crippen LogP contribution in [0.2, 0.25) is 0 Å². The number of aryl methyl sites for hydroxylation is 1. The van der Waals surface area contributed by atoms with Crippen molar-refractivity contribution in [3.05, 3.63) is 41.6 Å². The molecule has 0 aliphatic carbocycles. The molecule has 2 rings (SSSR count). The Hall–Kier alpha value is -2.81. The lowest BCUT2D eigenvalue weighted by molar-refractivity contribution is -0.115. The topological polar surface area (TPSA) is 79.9 Å². The van der Waals surface area contributed by atoms with Gasteiger partial charge in [-0.05, 0) is 17.7 Å². The third-order valence-electron chi connectivity index (χ3n) is 2.84. The molecule has 6 nitrogen and oxygen atoms in total. The van der Waals surface area contributed by atoms with Gasteiger partial charge in [0.25, 0.3) is 0 Å². The standard InChI is InChI=1S/C14H14N4O2/c1-18-14(11(8-15)9-16-18)17-13(19)7-10-3-5-12(20-2)6-4-10/h3-6,9H,7H2,1-2H3,(H,17,19). The van der Waals surface area contributed by atoms with E-state index in [-0.39, 0.29) is 12.3 Å². The molecule has 0 atom stereocenters. The van der Waals surface area contributed by atoms with E-state index < -0.39 is 0 Å². The average Bonchev–Trinajstić information content (AvgIpc) is 2.80. The number of carbonyl (C=O) groups is 1. The number of nitrogens with zero attached hydrogens (tertiary/aromatic N) is 3. The van der Waals surface area contributed by atoms with Crippen LogP contribution in [0.4, 0.5) is 5.82 Å². The number of benzene rings is 1. The minimum Gasteiger partial charge on any atom is -0.497 e. The second kappa shape index (κ2) is 5.89. The summed E-state index contributed by atoms with van der Waals surface area (Å²) in [6.45, 7) is 0. The number of rotatable bonds is 4. The van der Waals surface area contributed by atoms with Crippen molar-refractivity contribution in [2.75, 3.05) is 12.4 Å². The highest BCUT2D eigenvalue weighted by Crippen LogP contribution is 2.15. The number of amides is 1. The molecular weight excluding hydrogens is 256 g/mol. The third-order valence-corrected chi connectivity index (χ3v) is 2.84. The normalized spacial score (nSPS) is 9.85. The van der Waals surface area contributed by atoms with E-state index >= 15 is 0 Å². The van der Waals surface area contributed by atoms with Crippen LogP contribution in [-0.2, 0) is 18.3 Å². The highest BCUT2D eigenvalue weighted by Gasteiger charge is 2.12. The molecule has 0 fully saturated rings. The molecule has 0 aliphatic heterocycles. The lowest BCUT2D eigenvalue weighted by atomic mass is 10.1. The monoisotopic (exact) mass is 270 g/mol. The van der Waals surface area contributed by atoms with E-state index in [0.717, 1.165) is 11.3 Å². The van der Waals surface area contributed by atoms with Crippen LogP contribution >= 0.6 is 0 Å². The minimum atomic E-state index is -0.199. The summed E-state index contributed by atoms with van der Waals surface area (Å²) in [5.41, 5.74) is 1.21. The molecular formula is C14H14N4O2. The Morgan fingerprint density at radius 2 is 2.15 bits per heavy atom. The lowest BCUT2D eigenvalue weighted by Crippen LogP contribution is -2.17. The Labute approximate surface area is 116 Å². The van der Waals surface area contributed by atoms with Crippen LogP contribution in [0.3, 0.4) is 0 Å². The fourth-order valence-corrected chi connectivity index (χ4v) is 1.77. The van der Waals surface area contributed by atoms with Gasteiger partial charge >= 0.3 is 0 Å². The van der Waals surface area contributed by atoms with E-state index in [1.807, 2.05) is 18.2 Å². The number of carbonyl (C=O) groups excluding carboxylic acids is 1. The molecule has 1 N–H and O–H groups in total. The molecule has 0 spiro atoms. The van der Waals surface area contributed by atoms with E-state index in [2.05, 4.69) is 10.4 Å². The SMILES string of the molecule is COc1ccc(CC(=O)Nc2c(C#N)cnn2C)cc1. The van der Waals surface area contributed by atoms with Gasteiger partial charge in [0.1, 0.15) is 23.2 Å². The molecule has 2 aromatic rings. The summed E-state index contributed by atoms with van der Waals surface area (Å²) >= 11 is 0. The molecule has 20 heavy (non-hydrogen) atoms. The molecule has 1 aromatic heterocycles. The molecule has 0 unspecified atom stereocenters. The van der Waals surface area contributed by atoms with Crippen molar-refractivity contribution in [2.45, 2.75) is 6.42 Å². The molecule has 0 saturated carbocycles. The van der Waals surface area contributed by atoms with Crippen LogP contribution in [-0.4, -0.2) is 22.8 Å². The van der Waals surface area contributed by atoms with Gasteiger partial charge in [0.2, 0.25) is 5.91 Å². The van der Waals surface area contributed by atoms with Crippen molar-refractivity contribution >= 4 is 11.7 Å². The van der Waals surface area contributed by atoms with Gasteiger partial charge in [0.15, 0.2) is 0 Å². The predicted molar refractivity (Wildman–Crippen MR) is 73.3 cm³/mol. The van der Waals surface area contributed by atoms with Crippen LogP contribution in [0.1, 0.15) is 11.1 Å². The summed E-state index contributed by atoms with van der Waals surface area (Å²) in [5.74, 6) is 0.953. The van der Waals surface area contributed by atoms with Gasteiger partial charge in [0.05, 0.1) is 19.7 Å². The molecule has 1 aromatic carbocycles. The van der Waals surface area contributed by atoms with Crippen LogP contribution in [0.15, 0.2) is 30.5 Å². The Kier molecular flexibility index (Phi) is 4.01. The summed E-state index contributed by atoms with van der Waals surface area (Å²) in [6.07, 6.45) is 1.64. The number of aromatic nitrogens is 2. The molecule has 0 radical (unpaired) electrons. The Balaban J connectivity index is 2.05. The predicted octanol–water partition coefficient (Wildman–Crippen LogP) is 1.48. The van der Waals surface area contributed by atoms with Crippen molar-refractivity contribution in [2.24, 2.45) is 7.05 Å². The summed E-state index contributed by atoms with van der Waals surface area (Å²) in [7, 11) is 3.26. The van der Waals surface area contributed by atoms with Gasteiger partial charge in [0, 0.05) is 7.05 Å². The number of anilines is 1. The summed E-state index contributed by atoms with van der Waals surface area (Å²) < 4.78 is 6.52. The van der Waals surface area contributed by atoms with E-state index in [1.165, 1.54) is 10.9 Å². The van der Waals surface area contributed by atoms with Gasteiger partial charge in [-0.3, -0.25) is 9.48 Å². The summed E-state index contributed by atoms with van der Waals surface area (Å²) in [4.78, 5) is 12.0. The number of hydrogen-bond acceptors (Lipinski definition) is 4. The molecule has 102 valence electrons. The lowest BCUT2D eigenvalue weighted by Gasteiger charge is -2.06. The van der Waals surface area contributed by atoms with Crippen molar-refractivity contribution in [3.8, 4) is 11.8 Å². The van der Waals surface area contributed by atoms with Gasteiger partial charge < -0.3 is 10.1 Å². The van der Waals surface area contributed by atoms with E-state index in [9.17, 15) is 4.79 Å². The smallest absolute Gasteiger partial charge is 0.229 e. The van der Waals surface area contributed by atoms with Crippen LogP contribution in [0.5, 0.6) is 5.75 Å². The number of hydrogen-bond donors (Lipinski definition) is 1. The van der Waals surface area contributed by atoms with Crippen molar-refractivity contribution in [3.63, 3.8) is 0 Å². The Bertz CT molecular complexity index is 653. The first kappa shape index (κ1) is 13.6. The second-order valence-corrected chi connectivity index (χ2v) is 4.22. The average molecular weight is 270 g/mol. The van der Waals surface area contributed by atoms with Crippen molar-refractivity contribution in [1.82, 2.24) is 9.78 Å². The Morgan fingerprint density at radius 1 is 1.45 bits per heavy atom. The summed E-state index contributed by atoms with van der Waals surface area (Å²) in [5, 5.41) is 15.6. The van der Waals surface area contributed by atoms with Crippen LogP contribution in [0, 0.1) is 11.3 Å². The first-order valence-corrected chi connectivity index (χ1v) is 5.99. The van der Waals surface area contributed by atoms with Crippen LogP contribution in [0.25, 0.3) is 0 Å². The minimum absolute atomic E-state index is 0.199. The van der Waals surface area contributed by atoms with E-state index in [4.69, 9.17) is 10.00 Å². The van der Waals surface area contributed by atoms with E-state index in [0.29, 0.717) is 11.4 Å². The maximum atomic E-state index is 12.0. The molecule has 0 aliphatic rings. The van der Waals surface area contributed by atoms with Gasteiger partial charge in [-0.1, -0.05) is 12.1 Å². The van der Waals surface area contributed by atoms with Crippen LogP contribution < -0.4 is 10.1 Å². The first-order chi connectivity index (χ1) is 9.63. The molecule has 6 heteroatoms. The molecule has 1 heterocycles. The maximum absolute atomic E-state index is 12.0. The summed E-state index contributed by atoms with van der Waals surface area (Å²) in [6, 6.07) is 9.24. The molecule has 0 bridgehead atoms. The Morgan fingerprint density at radius 3 is 2.75 bits per heavy atom. The van der Waals surface area contributed by atoms with Crippen molar-refractivity contribution in [1.29, 1.82) is 5.26 Å². The first-order valence-electron chi connectivity index (χ1n) is 5.99. The quantitative estimate of drug-likeness (QED) is 0.912. The highest BCUT2D eigenvalue weighted by molar-refractivity contribution is 5.92. The maximum Gasteiger partial charge on any atom is 0.229 e. The van der Waals surface area contributed by atoms with Gasteiger partial charge in [-0.2, -0.15) is 10.4 Å². The zero-order chi connectivity index (χ0) is 14.5. The zero-order valence-corrected chi connectivity index (χ0v) is 11.3. The second-order valence-electron chi connectivity index (χ2n) is 4.22. The van der Waals surface area contributed by atoms with E-state index in [1.54, 1.807) is 26.3 Å². The largest absolute Gasteiger partial charge is 0.497 e. The number of nitrogens with one attached hydrogen (secondary N) is 1. The number of methoxy groups -OCH3 is 1. The third kappa shape index (κ3) is 2.95. The van der Waals surface area contributed by atoms with Gasteiger partial charge in [-0.15, -0.1) is 0 Å². The number of ether oxygens (including phenoxy) is 1. The highest BCUT2D eigenvalue weighted by atomic mass is 16.5. The fourth-order valence-electron chi connectivity index (χ4n) is 1.77. The van der Waals surface area contributed by atoms with Crippen molar-refractivity contribution < 1.29 is 9.53 Å². The van der Waals surface area contributed by atoms with Gasteiger partial charge in [-0.25, -0.2) is 0 Å². The molecule has 1 amide bonds. The molecule has 0 saturated heterocycles. The fraction of sp³-hybridized carbons (Fsp3) is 0.214. The zero-order valence-electron chi connectivity index (χ0n) is 11.3.